The number of hydrogen-bond acceptors (Lipinski definition) is 7. The lowest BCUT2D eigenvalue weighted by molar-refractivity contribution is 0.102. The number of hydrazine groups is 1. The minimum atomic E-state index is -0.435. The fourth-order valence-corrected chi connectivity index (χ4v) is 1.11. The molecule has 0 unspecified atom stereocenters. The number of carbonyl (C=O) groups is 1. The lowest BCUT2D eigenvalue weighted by Crippen LogP contribution is -2.17. The lowest BCUT2D eigenvalue weighted by Gasteiger charge is -2.03. The van der Waals surface area contributed by atoms with E-state index in [-0.39, 0.29) is 11.6 Å². The van der Waals surface area contributed by atoms with E-state index in [1.165, 1.54) is 12.4 Å². The maximum Gasteiger partial charge on any atom is 0.276 e. The van der Waals surface area contributed by atoms with E-state index in [1.807, 2.05) is 0 Å². The molecule has 0 fully saturated rings. The number of anilines is 2. The Hall–Kier alpha value is -2.61. The Bertz CT molecular complexity index is 516. The number of nitrogens with one attached hydrogen (secondary N) is 2. The molecule has 0 atom stereocenters. The molecule has 0 bridgehead atoms. The quantitative estimate of drug-likeness (QED) is 0.494. The molecular weight excluding hydrogens is 222 g/mol. The number of hydrogen-bond donors (Lipinski definition) is 3. The molecule has 1 amide bonds. The van der Waals surface area contributed by atoms with Crippen LogP contribution in [-0.4, -0.2) is 26.1 Å². The second-order valence-electron chi connectivity index (χ2n) is 2.97. The van der Waals surface area contributed by atoms with Crippen molar-refractivity contribution in [3.63, 3.8) is 0 Å². The van der Waals surface area contributed by atoms with Crippen molar-refractivity contribution in [1.29, 1.82) is 0 Å². The van der Waals surface area contributed by atoms with Gasteiger partial charge in [-0.25, -0.2) is 15.8 Å². The van der Waals surface area contributed by atoms with Crippen LogP contribution in [-0.2, 0) is 0 Å². The second kappa shape index (κ2) is 4.94. The standard InChI is InChI=1S/C9H9N7O/c10-15-7-3-1-2-6(13-7)8(17)14-9-11-4-5-12-16-9/h1-5H,10H2,(H,13,15)(H,11,14,16,17). The Morgan fingerprint density at radius 3 is 2.88 bits per heavy atom. The summed E-state index contributed by atoms with van der Waals surface area (Å²) in [6.07, 6.45) is 2.83. The van der Waals surface area contributed by atoms with Crippen LogP contribution in [0.3, 0.4) is 0 Å². The fourth-order valence-electron chi connectivity index (χ4n) is 1.11. The summed E-state index contributed by atoms with van der Waals surface area (Å²) in [6, 6.07) is 4.84. The van der Waals surface area contributed by atoms with Gasteiger partial charge < -0.3 is 5.43 Å². The van der Waals surface area contributed by atoms with E-state index in [4.69, 9.17) is 5.84 Å². The van der Waals surface area contributed by atoms with Gasteiger partial charge in [-0.1, -0.05) is 6.07 Å². The molecule has 0 radical (unpaired) electrons. The third-order valence-electron chi connectivity index (χ3n) is 1.84. The van der Waals surface area contributed by atoms with Crippen LogP contribution >= 0.6 is 0 Å². The van der Waals surface area contributed by atoms with Crippen LogP contribution in [0.15, 0.2) is 30.6 Å². The Morgan fingerprint density at radius 1 is 1.29 bits per heavy atom. The molecule has 2 aromatic rings. The second-order valence-corrected chi connectivity index (χ2v) is 2.97. The van der Waals surface area contributed by atoms with E-state index >= 15 is 0 Å². The van der Waals surface area contributed by atoms with E-state index in [0.29, 0.717) is 5.82 Å². The van der Waals surface area contributed by atoms with Crippen molar-refractivity contribution in [2.45, 2.75) is 0 Å². The monoisotopic (exact) mass is 231 g/mol. The average Bonchev–Trinajstić information content (AvgIpc) is 2.40. The Balaban J connectivity index is 2.14. The van der Waals surface area contributed by atoms with Crippen molar-refractivity contribution in [2.24, 2.45) is 5.84 Å². The SMILES string of the molecule is NNc1cccc(C(=O)Nc2nccnn2)n1. The maximum atomic E-state index is 11.7. The van der Waals surface area contributed by atoms with Crippen LogP contribution in [0.5, 0.6) is 0 Å². The number of rotatable bonds is 3. The van der Waals surface area contributed by atoms with Gasteiger partial charge in [0.15, 0.2) is 0 Å². The van der Waals surface area contributed by atoms with Gasteiger partial charge in [-0.05, 0) is 12.1 Å². The maximum absolute atomic E-state index is 11.7. The van der Waals surface area contributed by atoms with Crippen LogP contribution in [0.1, 0.15) is 10.5 Å². The molecule has 4 N–H and O–H groups in total. The number of nitrogen functional groups attached to an aromatic ring is 1. The normalized spacial score (nSPS) is 9.71. The molecule has 2 aromatic heterocycles. The number of carbonyl (C=O) groups excluding carboxylic acids is 1. The Labute approximate surface area is 96.3 Å². The van der Waals surface area contributed by atoms with Gasteiger partial charge in [0, 0.05) is 0 Å². The largest absolute Gasteiger partial charge is 0.308 e. The van der Waals surface area contributed by atoms with Gasteiger partial charge in [0.1, 0.15) is 11.5 Å². The first-order valence-electron chi connectivity index (χ1n) is 4.68. The molecule has 0 saturated heterocycles. The third kappa shape index (κ3) is 2.69. The summed E-state index contributed by atoms with van der Waals surface area (Å²) in [5.74, 6) is 5.27. The van der Waals surface area contributed by atoms with E-state index < -0.39 is 5.91 Å². The summed E-state index contributed by atoms with van der Waals surface area (Å²) in [7, 11) is 0. The van der Waals surface area contributed by atoms with Gasteiger partial charge >= 0.3 is 0 Å². The van der Waals surface area contributed by atoms with E-state index in [1.54, 1.807) is 18.2 Å². The molecule has 8 nitrogen and oxygen atoms in total. The van der Waals surface area contributed by atoms with Crippen LogP contribution < -0.4 is 16.6 Å². The van der Waals surface area contributed by atoms with Gasteiger partial charge in [-0.3, -0.25) is 10.1 Å². The lowest BCUT2D eigenvalue weighted by atomic mass is 10.3. The molecule has 0 aliphatic heterocycles. The highest BCUT2D eigenvalue weighted by atomic mass is 16.2. The van der Waals surface area contributed by atoms with E-state index in [2.05, 4.69) is 30.9 Å². The highest BCUT2D eigenvalue weighted by Gasteiger charge is 2.09. The highest BCUT2D eigenvalue weighted by molar-refractivity contribution is 6.01. The first-order chi connectivity index (χ1) is 8.29. The summed E-state index contributed by atoms with van der Waals surface area (Å²) in [6.45, 7) is 0. The van der Waals surface area contributed by atoms with E-state index in [9.17, 15) is 4.79 Å². The molecule has 0 spiro atoms. The highest BCUT2D eigenvalue weighted by Crippen LogP contribution is 2.04. The Kier molecular flexibility index (Phi) is 3.17. The molecule has 0 aromatic carbocycles. The summed E-state index contributed by atoms with van der Waals surface area (Å²) >= 11 is 0. The molecule has 86 valence electrons. The molecular formula is C9H9N7O. The molecule has 0 saturated carbocycles. The first kappa shape index (κ1) is 10.9. The number of aromatic nitrogens is 4. The molecule has 0 aliphatic rings. The fraction of sp³-hybridized carbons (Fsp3) is 0. The molecule has 17 heavy (non-hydrogen) atoms. The topological polar surface area (TPSA) is 119 Å². The van der Waals surface area contributed by atoms with Gasteiger partial charge in [-0.2, -0.15) is 5.10 Å². The van der Waals surface area contributed by atoms with Crippen molar-refractivity contribution in [2.75, 3.05) is 10.7 Å². The minimum Gasteiger partial charge on any atom is -0.308 e. The van der Waals surface area contributed by atoms with Crippen molar-refractivity contribution in [1.82, 2.24) is 20.2 Å². The van der Waals surface area contributed by atoms with Gasteiger partial charge in [-0.15, -0.1) is 5.10 Å². The summed E-state index contributed by atoms with van der Waals surface area (Å²) in [4.78, 5) is 19.5. The molecule has 2 heterocycles. The van der Waals surface area contributed by atoms with Crippen molar-refractivity contribution >= 4 is 17.7 Å². The number of nitrogens with zero attached hydrogens (tertiary/aromatic N) is 4. The number of nitrogens with two attached hydrogens (primary N) is 1. The summed E-state index contributed by atoms with van der Waals surface area (Å²) < 4.78 is 0. The summed E-state index contributed by atoms with van der Waals surface area (Å²) in [5, 5.41) is 9.67. The predicted molar refractivity (Wildman–Crippen MR) is 59.8 cm³/mol. The van der Waals surface area contributed by atoms with Gasteiger partial charge in [0.25, 0.3) is 5.91 Å². The van der Waals surface area contributed by atoms with E-state index in [0.717, 1.165) is 0 Å². The number of amides is 1. The van der Waals surface area contributed by atoms with Crippen molar-refractivity contribution in [3.8, 4) is 0 Å². The van der Waals surface area contributed by atoms with Crippen LogP contribution in [0.2, 0.25) is 0 Å². The first-order valence-corrected chi connectivity index (χ1v) is 4.68. The molecule has 0 aliphatic carbocycles. The molecule has 8 heteroatoms. The van der Waals surface area contributed by atoms with Crippen LogP contribution in [0.4, 0.5) is 11.8 Å². The summed E-state index contributed by atoms with van der Waals surface area (Å²) in [5.41, 5.74) is 2.55. The van der Waals surface area contributed by atoms with Gasteiger partial charge in [0.05, 0.1) is 12.4 Å². The van der Waals surface area contributed by atoms with Gasteiger partial charge in [0.2, 0.25) is 5.95 Å². The smallest absolute Gasteiger partial charge is 0.276 e. The zero-order chi connectivity index (χ0) is 12.1. The predicted octanol–water partition coefficient (Wildman–Crippen LogP) is -0.196. The average molecular weight is 231 g/mol. The third-order valence-corrected chi connectivity index (χ3v) is 1.84. The Morgan fingerprint density at radius 2 is 2.18 bits per heavy atom. The van der Waals surface area contributed by atoms with Crippen LogP contribution in [0.25, 0.3) is 0 Å². The zero-order valence-corrected chi connectivity index (χ0v) is 8.66. The minimum absolute atomic E-state index is 0.116. The van der Waals surface area contributed by atoms with Crippen molar-refractivity contribution in [3.05, 3.63) is 36.3 Å². The molecule has 2 rings (SSSR count). The van der Waals surface area contributed by atoms with Crippen molar-refractivity contribution < 1.29 is 4.79 Å². The zero-order valence-electron chi connectivity index (χ0n) is 8.66. The van der Waals surface area contributed by atoms with Crippen LogP contribution in [0, 0.1) is 0 Å². The number of pyridine rings is 1.